The number of hydrogen-bond acceptors (Lipinski definition) is 3. The van der Waals surface area contributed by atoms with Crippen LogP contribution in [0.5, 0.6) is 11.8 Å². The molecule has 3 N–H and O–H groups in total. The number of nitrogens with one attached hydrogen (secondary N) is 1. The average molecular weight is 336 g/mol. The first-order chi connectivity index (χ1) is 12.1. The van der Waals surface area contributed by atoms with E-state index >= 15 is 0 Å². The highest BCUT2D eigenvalue weighted by Crippen LogP contribution is 2.59. The third kappa shape index (κ3) is 1.81. The molecule has 3 aromatic rings. The van der Waals surface area contributed by atoms with Crippen LogP contribution in [0.4, 0.5) is 0 Å². The van der Waals surface area contributed by atoms with E-state index in [0.29, 0.717) is 19.3 Å². The molecule has 128 valence electrons. The van der Waals surface area contributed by atoms with Crippen LogP contribution in [-0.2, 0) is 11.8 Å². The van der Waals surface area contributed by atoms with Gasteiger partial charge in [0, 0.05) is 53.5 Å². The van der Waals surface area contributed by atoms with Gasteiger partial charge in [0.1, 0.15) is 5.78 Å². The monoisotopic (exact) mass is 336 g/mol. The van der Waals surface area contributed by atoms with Gasteiger partial charge in [0.15, 0.2) is 5.88 Å². The molecule has 2 heterocycles. The van der Waals surface area contributed by atoms with Crippen LogP contribution >= 0.6 is 0 Å². The second-order valence-corrected chi connectivity index (χ2v) is 7.28. The minimum atomic E-state index is 0.0501. The van der Waals surface area contributed by atoms with Gasteiger partial charge in [-0.3, -0.25) is 9.36 Å². The van der Waals surface area contributed by atoms with Crippen LogP contribution in [0.3, 0.4) is 0 Å². The molecular weight excluding hydrogens is 316 g/mol. The van der Waals surface area contributed by atoms with Crippen LogP contribution in [0.1, 0.15) is 48.8 Å². The summed E-state index contributed by atoms with van der Waals surface area (Å²) in [6, 6.07) is 8.05. The Labute approximate surface area is 144 Å². The number of rotatable bonds is 0. The smallest absolute Gasteiger partial charge is 0.202 e. The highest BCUT2D eigenvalue weighted by atomic mass is 16.3. The lowest BCUT2D eigenvalue weighted by atomic mass is 9.73. The van der Waals surface area contributed by atoms with Gasteiger partial charge in [0.2, 0.25) is 5.88 Å². The standard InChI is InChI=1S/C20H20N2O3/c1-22-19(24)16-11-8-6-10(23)7-9-12(11)18-15(17(16)20(22)25)13-4-2-3-5-14(13)21-18/h2-5,11-12,21,24-25H,6-9H2,1H3. The summed E-state index contributed by atoms with van der Waals surface area (Å²) in [5.74, 6) is 0.705. The van der Waals surface area contributed by atoms with Crippen molar-refractivity contribution in [3.05, 3.63) is 35.5 Å². The molecule has 0 spiro atoms. The van der Waals surface area contributed by atoms with Gasteiger partial charge in [-0.05, 0) is 24.8 Å². The van der Waals surface area contributed by atoms with Gasteiger partial charge in [0.25, 0.3) is 0 Å². The summed E-state index contributed by atoms with van der Waals surface area (Å²) in [4.78, 5) is 15.6. The van der Waals surface area contributed by atoms with Gasteiger partial charge in [-0.15, -0.1) is 0 Å². The molecule has 5 nitrogen and oxygen atoms in total. The molecule has 0 radical (unpaired) electrons. The Bertz CT molecular complexity index is 1030. The maximum Gasteiger partial charge on any atom is 0.202 e. The van der Waals surface area contributed by atoms with Crippen molar-refractivity contribution in [1.82, 2.24) is 9.55 Å². The van der Waals surface area contributed by atoms with Crippen LogP contribution in [-0.4, -0.2) is 25.5 Å². The highest BCUT2D eigenvalue weighted by Gasteiger charge is 2.42. The van der Waals surface area contributed by atoms with Crippen molar-refractivity contribution in [2.45, 2.75) is 37.5 Å². The number of aromatic hydroxyl groups is 2. The molecule has 0 aliphatic heterocycles. The summed E-state index contributed by atoms with van der Waals surface area (Å²) >= 11 is 0. The van der Waals surface area contributed by atoms with E-state index in [2.05, 4.69) is 4.98 Å². The highest BCUT2D eigenvalue weighted by molar-refractivity contribution is 6.01. The van der Waals surface area contributed by atoms with Gasteiger partial charge >= 0.3 is 0 Å². The molecule has 5 heteroatoms. The fourth-order valence-corrected chi connectivity index (χ4v) is 4.84. The third-order valence-electron chi connectivity index (χ3n) is 6.05. The SMILES string of the molecule is Cn1c(O)c2c(c1O)C1CCC(=O)CCC1c1[nH]c3ccccc3c1-2. The minimum Gasteiger partial charge on any atom is -0.494 e. The van der Waals surface area contributed by atoms with Crippen LogP contribution in [0, 0.1) is 0 Å². The number of nitrogens with zero attached hydrogens (tertiary/aromatic N) is 1. The molecule has 1 saturated carbocycles. The number of para-hydroxylation sites is 1. The van der Waals surface area contributed by atoms with Gasteiger partial charge in [-0.2, -0.15) is 0 Å². The van der Waals surface area contributed by atoms with E-state index in [4.69, 9.17) is 0 Å². The normalized spacial score (nSPS) is 22.4. The number of carbonyl (C=O) groups excluding carboxylic acids is 1. The summed E-state index contributed by atoms with van der Waals surface area (Å²) in [6.45, 7) is 0. The zero-order valence-corrected chi connectivity index (χ0v) is 14.0. The molecule has 0 amide bonds. The number of fused-ring (bicyclic) bond motifs is 8. The van der Waals surface area contributed by atoms with Crippen LogP contribution < -0.4 is 0 Å². The number of benzene rings is 1. The van der Waals surface area contributed by atoms with Gasteiger partial charge in [-0.25, -0.2) is 0 Å². The van der Waals surface area contributed by atoms with Crippen molar-refractivity contribution in [3.8, 4) is 22.9 Å². The van der Waals surface area contributed by atoms with E-state index in [9.17, 15) is 15.0 Å². The van der Waals surface area contributed by atoms with Crippen molar-refractivity contribution in [2.24, 2.45) is 7.05 Å². The second kappa shape index (κ2) is 4.91. The largest absolute Gasteiger partial charge is 0.494 e. The molecule has 1 fully saturated rings. The summed E-state index contributed by atoms with van der Waals surface area (Å²) in [5, 5.41) is 22.5. The Morgan fingerprint density at radius 2 is 1.76 bits per heavy atom. The fraction of sp³-hybridized carbons (Fsp3) is 0.350. The molecule has 1 aromatic carbocycles. The Morgan fingerprint density at radius 1 is 1.04 bits per heavy atom. The van der Waals surface area contributed by atoms with Crippen molar-refractivity contribution in [3.63, 3.8) is 0 Å². The topological polar surface area (TPSA) is 78.2 Å². The zero-order chi connectivity index (χ0) is 17.3. The number of H-pyrrole nitrogens is 1. The molecule has 2 unspecified atom stereocenters. The van der Waals surface area contributed by atoms with Crippen LogP contribution in [0.25, 0.3) is 22.0 Å². The molecule has 0 bridgehead atoms. The average Bonchev–Trinajstić information content (AvgIpc) is 3.01. The van der Waals surface area contributed by atoms with Crippen LogP contribution in [0.2, 0.25) is 0 Å². The first-order valence-corrected chi connectivity index (χ1v) is 8.81. The lowest BCUT2D eigenvalue weighted by Crippen LogP contribution is -2.16. The Hall–Kier alpha value is -2.69. The van der Waals surface area contributed by atoms with E-state index < -0.39 is 0 Å². The van der Waals surface area contributed by atoms with E-state index in [0.717, 1.165) is 39.7 Å². The second-order valence-electron chi connectivity index (χ2n) is 7.28. The number of ketones is 1. The number of aromatic nitrogens is 2. The molecule has 5 rings (SSSR count). The third-order valence-corrected chi connectivity index (χ3v) is 6.05. The molecule has 2 aromatic heterocycles. The van der Waals surface area contributed by atoms with Crippen molar-refractivity contribution >= 4 is 16.7 Å². The van der Waals surface area contributed by atoms with Crippen LogP contribution in [0.15, 0.2) is 24.3 Å². The Morgan fingerprint density at radius 3 is 2.56 bits per heavy atom. The van der Waals surface area contributed by atoms with Gasteiger partial charge in [0.05, 0.1) is 5.56 Å². The maximum absolute atomic E-state index is 12.1. The van der Waals surface area contributed by atoms with Crippen molar-refractivity contribution in [2.75, 3.05) is 0 Å². The van der Waals surface area contributed by atoms with E-state index in [1.165, 1.54) is 4.57 Å². The fourth-order valence-electron chi connectivity index (χ4n) is 4.84. The Kier molecular flexibility index (Phi) is 2.87. The summed E-state index contributed by atoms with van der Waals surface area (Å²) in [7, 11) is 1.67. The van der Waals surface area contributed by atoms with Gasteiger partial charge < -0.3 is 15.2 Å². The number of Topliss-reactive ketones (excluding diaryl/α,β-unsaturated/α-hetero) is 1. The quantitative estimate of drug-likeness (QED) is 0.582. The summed E-state index contributed by atoms with van der Waals surface area (Å²) in [6.07, 6.45) is 2.59. The van der Waals surface area contributed by atoms with E-state index in [1.807, 2.05) is 24.3 Å². The Balaban J connectivity index is 1.89. The molecule has 0 saturated heterocycles. The minimum absolute atomic E-state index is 0.0501. The molecular formula is C20H20N2O3. The summed E-state index contributed by atoms with van der Waals surface area (Å²) < 4.78 is 1.45. The van der Waals surface area contributed by atoms with Crippen molar-refractivity contribution in [1.29, 1.82) is 0 Å². The molecule has 25 heavy (non-hydrogen) atoms. The van der Waals surface area contributed by atoms with E-state index in [-0.39, 0.29) is 29.4 Å². The van der Waals surface area contributed by atoms with E-state index in [1.54, 1.807) is 7.05 Å². The molecule has 2 atom stereocenters. The predicted molar refractivity (Wildman–Crippen MR) is 95.0 cm³/mol. The maximum atomic E-state index is 12.1. The predicted octanol–water partition coefficient (Wildman–Crippen LogP) is 3.91. The molecule has 2 aliphatic carbocycles. The first-order valence-electron chi connectivity index (χ1n) is 8.81. The van der Waals surface area contributed by atoms with Gasteiger partial charge in [-0.1, -0.05) is 18.2 Å². The number of aromatic amines is 1. The van der Waals surface area contributed by atoms with Crippen molar-refractivity contribution < 1.29 is 15.0 Å². The number of hydrogen-bond donors (Lipinski definition) is 3. The lowest BCUT2D eigenvalue weighted by molar-refractivity contribution is -0.118. The zero-order valence-electron chi connectivity index (χ0n) is 14.0. The lowest BCUT2D eigenvalue weighted by Gasteiger charge is -2.30. The summed E-state index contributed by atoms with van der Waals surface area (Å²) in [5.41, 5.74) is 4.63. The number of carbonyl (C=O) groups is 1. The first kappa shape index (κ1) is 14.6. The molecule has 2 aliphatic rings.